The van der Waals surface area contributed by atoms with Gasteiger partial charge in [-0.2, -0.15) is 4.37 Å². The number of sulfone groups is 1. The van der Waals surface area contributed by atoms with E-state index in [4.69, 9.17) is 23.2 Å². The molecule has 11 heteroatoms. The Balaban J connectivity index is 1.88. The highest BCUT2D eigenvalue weighted by Crippen LogP contribution is 2.33. The molecule has 0 bridgehead atoms. The molecule has 7 nitrogen and oxygen atoms in total. The fourth-order valence-corrected chi connectivity index (χ4v) is 4.68. The monoisotopic (exact) mass is 420 g/mol. The van der Waals surface area contributed by atoms with Crippen LogP contribution in [0.15, 0.2) is 17.4 Å². The van der Waals surface area contributed by atoms with Crippen molar-refractivity contribution < 1.29 is 13.2 Å². The molecule has 1 amide bonds. The Morgan fingerprint density at radius 2 is 2.16 bits per heavy atom. The second-order valence-corrected chi connectivity index (χ2v) is 9.49. The van der Waals surface area contributed by atoms with E-state index in [-0.39, 0.29) is 31.8 Å². The summed E-state index contributed by atoms with van der Waals surface area (Å²) in [5.41, 5.74) is 0.570. The van der Waals surface area contributed by atoms with E-state index >= 15 is 0 Å². The van der Waals surface area contributed by atoms with Gasteiger partial charge in [-0.25, -0.2) is 18.4 Å². The van der Waals surface area contributed by atoms with Gasteiger partial charge in [0.05, 0.1) is 5.69 Å². The van der Waals surface area contributed by atoms with Crippen LogP contribution in [0, 0.1) is 0 Å². The zero-order valence-electron chi connectivity index (χ0n) is 13.1. The number of carbonyl (C=O) groups is 1. The topological polar surface area (TPSA) is 93.1 Å². The van der Waals surface area contributed by atoms with Crippen molar-refractivity contribution in [1.82, 2.24) is 19.2 Å². The van der Waals surface area contributed by atoms with Gasteiger partial charge >= 0.3 is 0 Å². The average molecular weight is 421 g/mol. The number of hydrogen-bond acceptors (Lipinski definition) is 7. The highest BCUT2D eigenvalue weighted by Gasteiger charge is 2.31. The molecule has 3 rings (SSSR count). The van der Waals surface area contributed by atoms with Gasteiger partial charge in [-0.05, 0) is 24.4 Å². The minimum atomic E-state index is -3.45. The summed E-state index contributed by atoms with van der Waals surface area (Å²) in [5.74, 6) is -0.508. The molecule has 1 fully saturated rings. The number of nitrogens with zero attached hydrogens (tertiary/aromatic N) is 4. The smallest absolute Gasteiger partial charge is 0.275 e. The van der Waals surface area contributed by atoms with Crippen LogP contribution in [0.4, 0.5) is 0 Å². The summed E-state index contributed by atoms with van der Waals surface area (Å²) < 4.78 is 28.2. The summed E-state index contributed by atoms with van der Waals surface area (Å²) in [6.45, 7) is 0.879. The summed E-state index contributed by atoms with van der Waals surface area (Å²) >= 11 is 12.9. The number of rotatable bonds is 3. The Bertz CT molecular complexity index is 917. The van der Waals surface area contributed by atoms with Crippen molar-refractivity contribution in [3.8, 4) is 0 Å². The van der Waals surface area contributed by atoms with Crippen LogP contribution in [0.3, 0.4) is 0 Å². The Morgan fingerprint density at radius 1 is 1.40 bits per heavy atom. The van der Waals surface area contributed by atoms with E-state index in [9.17, 15) is 13.2 Å². The van der Waals surface area contributed by atoms with Gasteiger partial charge in [0.15, 0.2) is 15.5 Å². The van der Waals surface area contributed by atoms with E-state index in [0.717, 1.165) is 30.6 Å². The first-order chi connectivity index (χ1) is 11.8. The summed E-state index contributed by atoms with van der Waals surface area (Å²) in [6.07, 6.45) is 5.20. The predicted octanol–water partition coefficient (Wildman–Crippen LogP) is 2.66. The zero-order valence-corrected chi connectivity index (χ0v) is 16.3. The van der Waals surface area contributed by atoms with Gasteiger partial charge in [0.25, 0.3) is 5.91 Å². The molecule has 1 aliphatic rings. The summed E-state index contributed by atoms with van der Waals surface area (Å²) in [6, 6.07) is 0. The van der Waals surface area contributed by atoms with E-state index < -0.39 is 9.84 Å². The molecule has 2 aromatic rings. The largest absolute Gasteiger partial charge is 0.337 e. The minimum Gasteiger partial charge on any atom is -0.337 e. The van der Waals surface area contributed by atoms with Crippen molar-refractivity contribution in [2.45, 2.75) is 23.7 Å². The van der Waals surface area contributed by atoms with Crippen LogP contribution in [0.2, 0.25) is 9.36 Å². The van der Waals surface area contributed by atoms with Gasteiger partial charge in [0, 0.05) is 31.5 Å². The third-order valence-corrected chi connectivity index (χ3v) is 6.73. The second-order valence-electron chi connectivity index (χ2n) is 5.75. The Labute approximate surface area is 159 Å². The lowest BCUT2D eigenvalue weighted by Gasteiger charge is -2.32. The fourth-order valence-electron chi connectivity index (χ4n) is 2.85. The predicted molar refractivity (Wildman–Crippen MR) is 95.2 cm³/mol. The van der Waals surface area contributed by atoms with E-state index in [0.29, 0.717) is 18.8 Å². The van der Waals surface area contributed by atoms with E-state index in [1.165, 1.54) is 12.5 Å². The van der Waals surface area contributed by atoms with Crippen LogP contribution in [-0.2, 0) is 9.84 Å². The molecule has 25 heavy (non-hydrogen) atoms. The number of halogens is 2. The molecule has 1 aliphatic heterocycles. The van der Waals surface area contributed by atoms with Crippen LogP contribution in [0.25, 0.3) is 0 Å². The summed E-state index contributed by atoms with van der Waals surface area (Å²) in [4.78, 5) is 22.4. The highest BCUT2D eigenvalue weighted by atomic mass is 35.5. The molecule has 1 atom stereocenters. The second kappa shape index (κ2) is 7.14. The molecule has 134 valence electrons. The number of amides is 1. The molecule has 0 spiro atoms. The van der Waals surface area contributed by atoms with Crippen LogP contribution in [0.1, 0.15) is 34.9 Å². The first-order valence-corrected chi connectivity index (χ1v) is 10.8. The van der Waals surface area contributed by atoms with Crippen LogP contribution >= 0.6 is 34.7 Å². The molecule has 1 saturated heterocycles. The molecule has 0 aromatic carbocycles. The third kappa shape index (κ3) is 3.79. The number of likely N-dealkylation sites (tertiary alicyclic amines) is 1. The molecule has 0 aliphatic carbocycles. The maximum Gasteiger partial charge on any atom is 0.275 e. The van der Waals surface area contributed by atoms with Crippen molar-refractivity contribution >= 4 is 50.5 Å². The molecule has 0 unspecified atom stereocenters. The Hall–Kier alpha value is -1.29. The maximum atomic E-state index is 12.7. The standard InChI is InChI=1S/C14H14Cl2N4O3S2/c1-25(22,23)9-5-17-7-18-11(9)8-3-2-4-20(6-8)14(21)12-10(15)13(16)24-19-12/h5,7-8H,2-4,6H2,1H3/t8-/m1/s1. The van der Waals surface area contributed by atoms with Crippen LogP contribution in [0.5, 0.6) is 0 Å². The van der Waals surface area contributed by atoms with E-state index in [2.05, 4.69) is 14.3 Å². The van der Waals surface area contributed by atoms with Gasteiger partial charge < -0.3 is 4.90 Å². The van der Waals surface area contributed by atoms with Gasteiger partial charge in [-0.1, -0.05) is 23.2 Å². The van der Waals surface area contributed by atoms with Crippen molar-refractivity contribution in [1.29, 1.82) is 0 Å². The van der Waals surface area contributed by atoms with Gasteiger partial charge in [-0.15, -0.1) is 0 Å². The molecule has 0 radical (unpaired) electrons. The van der Waals surface area contributed by atoms with Crippen molar-refractivity contribution in [2.24, 2.45) is 0 Å². The lowest BCUT2D eigenvalue weighted by atomic mass is 9.94. The minimum absolute atomic E-state index is 0.101. The molecule has 2 aromatic heterocycles. The zero-order chi connectivity index (χ0) is 18.2. The number of carbonyl (C=O) groups excluding carboxylic acids is 1. The number of hydrogen-bond donors (Lipinski definition) is 0. The van der Waals surface area contributed by atoms with Gasteiger partial charge in [-0.3, -0.25) is 4.79 Å². The Morgan fingerprint density at radius 3 is 2.80 bits per heavy atom. The normalized spacial score (nSPS) is 18.4. The first-order valence-electron chi connectivity index (χ1n) is 7.39. The molecular weight excluding hydrogens is 407 g/mol. The van der Waals surface area contributed by atoms with Crippen molar-refractivity contribution in [2.75, 3.05) is 19.3 Å². The average Bonchev–Trinajstić information content (AvgIpc) is 2.93. The summed E-state index contributed by atoms with van der Waals surface area (Å²) in [7, 11) is -3.45. The summed E-state index contributed by atoms with van der Waals surface area (Å²) in [5, 5.41) is 0.151. The molecular formula is C14H14Cl2N4O3S2. The van der Waals surface area contributed by atoms with Crippen LogP contribution in [-0.4, -0.2) is 52.9 Å². The van der Waals surface area contributed by atoms with E-state index in [1.54, 1.807) is 4.90 Å². The maximum absolute atomic E-state index is 12.7. The van der Waals surface area contributed by atoms with Crippen molar-refractivity contribution in [3.05, 3.63) is 33.3 Å². The lowest BCUT2D eigenvalue weighted by molar-refractivity contribution is 0.0700. The van der Waals surface area contributed by atoms with Crippen LogP contribution < -0.4 is 0 Å². The third-order valence-electron chi connectivity index (χ3n) is 4.00. The quantitative estimate of drug-likeness (QED) is 0.757. The first kappa shape index (κ1) is 18.5. The van der Waals surface area contributed by atoms with Crippen molar-refractivity contribution in [3.63, 3.8) is 0 Å². The highest BCUT2D eigenvalue weighted by molar-refractivity contribution is 7.90. The lowest BCUT2D eigenvalue weighted by Crippen LogP contribution is -2.39. The molecule has 0 N–H and O–H groups in total. The van der Waals surface area contributed by atoms with Gasteiger partial charge in [0.1, 0.15) is 20.6 Å². The fraction of sp³-hybridized carbons (Fsp3) is 0.429. The number of aromatic nitrogens is 3. The van der Waals surface area contributed by atoms with E-state index in [1.807, 2.05) is 0 Å². The molecule has 3 heterocycles. The Kier molecular flexibility index (Phi) is 5.29. The number of piperidine rings is 1. The SMILES string of the molecule is CS(=O)(=O)c1cncnc1[C@@H]1CCCN(C(=O)c2nsc(Cl)c2Cl)C1. The molecule has 0 saturated carbocycles. The van der Waals surface area contributed by atoms with Gasteiger partial charge in [0.2, 0.25) is 0 Å².